The third-order valence-corrected chi connectivity index (χ3v) is 5.29. The van der Waals surface area contributed by atoms with Crippen LogP contribution in [0, 0.1) is 0 Å². The van der Waals surface area contributed by atoms with E-state index in [1.54, 1.807) is 11.0 Å². The maximum absolute atomic E-state index is 12.5. The van der Waals surface area contributed by atoms with E-state index in [2.05, 4.69) is 10.3 Å². The number of nitrogens with one attached hydrogen (secondary N) is 2. The lowest BCUT2D eigenvalue weighted by Crippen LogP contribution is -2.43. The minimum absolute atomic E-state index is 0.0242. The van der Waals surface area contributed by atoms with Crippen molar-refractivity contribution < 1.29 is 4.79 Å². The summed E-state index contributed by atoms with van der Waals surface area (Å²) in [7, 11) is 0. The van der Waals surface area contributed by atoms with Crippen molar-refractivity contribution >= 4 is 29.0 Å². The summed E-state index contributed by atoms with van der Waals surface area (Å²) in [5, 5.41) is 3.49. The minimum atomic E-state index is -0.620. The molecule has 0 radical (unpaired) electrons. The molecule has 0 unspecified atom stereocenters. The normalized spacial score (nSPS) is 10.7. The molecule has 0 aliphatic carbocycles. The van der Waals surface area contributed by atoms with E-state index in [-0.39, 0.29) is 30.5 Å². The van der Waals surface area contributed by atoms with Crippen molar-refractivity contribution in [3.8, 4) is 0 Å². The first-order chi connectivity index (χ1) is 15.4. The Morgan fingerprint density at radius 3 is 2.53 bits per heavy atom. The Hall–Kier alpha value is -3.52. The van der Waals surface area contributed by atoms with Crippen LogP contribution in [0.1, 0.15) is 18.1 Å². The second-order valence-electron chi connectivity index (χ2n) is 7.31. The smallest absolute Gasteiger partial charge is 0.330 e. The summed E-state index contributed by atoms with van der Waals surface area (Å²) < 4.78 is 1.30. The molecule has 0 aliphatic rings. The standard InChI is InChI=1S/C23H26ClN5O3/c1-2-28(15-19(30)26-12-11-16-9-6-10-18(24)13-16)20-21(25)29(23(32)27-22(20)31)14-17-7-4-3-5-8-17/h3-10,13H,2,11-12,14-15,25H2,1H3,(H,26,30)(H,27,31,32). The van der Waals surface area contributed by atoms with E-state index in [9.17, 15) is 14.4 Å². The number of aromatic nitrogens is 2. The van der Waals surface area contributed by atoms with Crippen LogP contribution in [-0.2, 0) is 17.8 Å². The van der Waals surface area contributed by atoms with E-state index < -0.39 is 11.2 Å². The molecule has 1 heterocycles. The van der Waals surface area contributed by atoms with Gasteiger partial charge in [-0.1, -0.05) is 54.1 Å². The first kappa shape index (κ1) is 23.1. The molecule has 8 nitrogen and oxygen atoms in total. The molecule has 0 bridgehead atoms. The number of amides is 1. The number of H-pyrrole nitrogens is 1. The molecule has 0 spiro atoms. The Morgan fingerprint density at radius 2 is 1.84 bits per heavy atom. The van der Waals surface area contributed by atoms with Gasteiger partial charge in [0, 0.05) is 18.1 Å². The van der Waals surface area contributed by atoms with Gasteiger partial charge in [0.05, 0.1) is 13.1 Å². The van der Waals surface area contributed by atoms with Gasteiger partial charge in [-0.15, -0.1) is 0 Å². The molecule has 3 aromatic rings. The predicted octanol–water partition coefficient (Wildman–Crippen LogP) is 2.01. The van der Waals surface area contributed by atoms with Gasteiger partial charge in [-0.3, -0.25) is 19.1 Å². The first-order valence-electron chi connectivity index (χ1n) is 10.3. The van der Waals surface area contributed by atoms with Crippen molar-refractivity contribution in [2.75, 3.05) is 30.3 Å². The van der Waals surface area contributed by atoms with Crippen LogP contribution < -0.4 is 27.2 Å². The average Bonchev–Trinajstić information content (AvgIpc) is 2.76. The van der Waals surface area contributed by atoms with E-state index in [0.717, 1.165) is 11.1 Å². The molecule has 1 aromatic heterocycles. The van der Waals surface area contributed by atoms with Gasteiger partial charge < -0.3 is 16.0 Å². The van der Waals surface area contributed by atoms with Crippen LogP contribution in [0.2, 0.25) is 5.02 Å². The third-order valence-electron chi connectivity index (χ3n) is 5.05. The molecule has 9 heteroatoms. The number of nitrogen functional groups attached to an aromatic ring is 1. The number of aromatic amines is 1. The van der Waals surface area contributed by atoms with Crippen molar-refractivity contribution in [3.63, 3.8) is 0 Å². The number of hydrogen-bond acceptors (Lipinski definition) is 5. The van der Waals surface area contributed by atoms with Crippen molar-refractivity contribution in [2.24, 2.45) is 0 Å². The largest absolute Gasteiger partial charge is 0.383 e. The number of anilines is 2. The highest BCUT2D eigenvalue weighted by Gasteiger charge is 2.20. The zero-order chi connectivity index (χ0) is 23.1. The molecule has 0 aliphatic heterocycles. The Morgan fingerprint density at radius 1 is 1.12 bits per heavy atom. The number of nitrogens with two attached hydrogens (primary N) is 1. The zero-order valence-corrected chi connectivity index (χ0v) is 18.6. The molecule has 0 fully saturated rings. The SMILES string of the molecule is CCN(CC(=O)NCCc1cccc(Cl)c1)c1c(N)n(Cc2ccccc2)c(=O)[nH]c1=O. The Bertz CT molecular complexity index is 1190. The number of carbonyl (C=O) groups is 1. The summed E-state index contributed by atoms with van der Waals surface area (Å²) in [5.41, 5.74) is 7.00. The molecule has 2 aromatic carbocycles. The molecular weight excluding hydrogens is 430 g/mol. The van der Waals surface area contributed by atoms with Crippen LogP contribution in [0.15, 0.2) is 64.2 Å². The second-order valence-corrected chi connectivity index (χ2v) is 7.75. The van der Waals surface area contributed by atoms with Crippen molar-refractivity contribution in [2.45, 2.75) is 19.9 Å². The number of nitrogens with zero attached hydrogens (tertiary/aromatic N) is 2. The van der Waals surface area contributed by atoms with Gasteiger partial charge in [-0.2, -0.15) is 0 Å². The average molecular weight is 456 g/mol. The fourth-order valence-electron chi connectivity index (χ4n) is 3.42. The quantitative estimate of drug-likeness (QED) is 0.456. The van der Waals surface area contributed by atoms with Crippen molar-refractivity contribution in [3.05, 3.63) is 91.6 Å². The maximum Gasteiger partial charge on any atom is 0.330 e. The lowest BCUT2D eigenvalue weighted by molar-refractivity contribution is -0.119. The molecule has 0 saturated heterocycles. The van der Waals surface area contributed by atoms with Crippen molar-refractivity contribution in [1.82, 2.24) is 14.9 Å². The van der Waals surface area contributed by atoms with Crippen LogP contribution in [-0.4, -0.2) is 35.1 Å². The number of hydrogen-bond donors (Lipinski definition) is 3. The monoisotopic (exact) mass is 455 g/mol. The number of likely N-dealkylation sites (N-methyl/N-ethyl adjacent to an activating group) is 1. The second kappa shape index (κ2) is 10.7. The number of halogens is 1. The van der Waals surface area contributed by atoms with Gasteiger partial charge in [-0.05, 0) is 36.6 Å². The third kappa shape index (κ3) is 5.79. The van der Waals surface area contributed by atoms with E-state index >= 15 is 0 Å². The highest BCUT2D eigenvalue weighted by molar-refractivity contribution is 6.30. The Kier molecular flexibility index (Phi) is 7.72. The number of rotatable bonds is 9. The summed E-state index contributed by atoms with van der Waals surface area (Å²) >= 11 is 5.98. The molecule has 0 atom stereocenters. The number of carbonyl (C=O) groups excluding carboxylic acids is 1. The van der Waals surface area contributed by atoms with E-state index in [1.807, 2.05) is 55.5 Å². The summed E-state index contributed by atoms with van der Waals surface area (Å²) in [6.45, 7) is 2.74. The fraction of sp³-hybridized carbons (Fsp3) is 0.261. The Balaban J connectivity index is 1.73. The van der Waals surface area contributed by atoms with Crippen LogP contribution in [0.5, 0.6) is 0 Å². The molecule has 3 rings (SSSR count). The molecule has 4 N–H and O–H groups in total. The first-order valence-corrected chi connectivity index (χ1v) is 10.7. The van der Waals surface area contributed by atoms with Gasteiger partial charge in [0.2, 0.25) is 5.91 Å². The van der Waals surface area contributed by atoms with Crippen LogP contribution in [0.3, 0.4) is 0 Å². The fourth-order valence-corrected chi connectivity index (χ4v) is 3.64. The topological polar surface area (TPSA) is 113 Å². The lowest BCUT2D eigenvalue weighted by atomic mass is 10.1. The van der Waals surface area contributed by atoms with Gasteiger partial charge in [0.15, 0.2) is 0 Å². The van der Waals surface area contributed by atoms with Crippen LogP contribution in [0.4, 0.5) is 11.5 Å². The van der Waals surface area contributed by atoms with E-state index in [4.69, 9.17) is 17.3 Å². The summed E-state index contributed by atoms with van der Waals surface area (Å²) in [6, 6.07) is 16.7. The molecule has 1 amide bonds. The summed E-state index contributed by atoms with van der Waals surface area (Å²) in [6.07, 6.45) is 0.628. The number of benzene rings is 2. The van der Waals surface area contributed by atoms with Crippen molar-refractivity contribution in [1.29, 1.82) is 0 Å². The van der Waals surface area contributed by atoms with E-state index in [1.165, 1.54) is 4.57 Å². The maximum atomic E-state index is 12.5. The Labute approximate surface area is 190 Å². The molecule has 32 heavy (non-hydrogen) atoms. The van der Waals surface area contributed by atoms with Crippen LogP contribution in [0.25, 0.3) is 0 Å². The molecule has 168 valence electrons. The van der Waals surface area contributed by atoms with Gasteiger partial charge in [0.25, 0.3) is 5.56 Å². The van der Waals surface area contributed by atoms with Crippen LogP contribution >= 0.6 is 11.6 Å². The summed E-state index contributed by atoms with van der Waals surface area (Å²) in [4.78, 5) is 41.3. The predicted molar refractivity (Wildman–Crippen MR) is 127 cm³/mol. The highest BCUT2D eigenvalue weighted by atomic mass is 35.5. The van der Waals surface area contributed by atoms with Gasteiger partial charge >= 0.3 is 5.69 Å². The zero-order valence-electron chi connectivity index (χ0n) is 17.8. The summed E-state index contributed by atoms with van der Waals surface area (Å²) in [5.74, 6) is -0.232. The molecular formula is C23H26ClN5O3. The lowest BCUT2D eigenvalue weighted by Gasteiger charge is -2.24. The van der Waals surface area contributed by atoms with E-state index in [0.29, 0.717) is 24.5 Å². The van der Waals surface area contributed by atoms with Gasteiger partial charge in [-0.25, -0.2) is 4.79 Å². The molecule has 0 saturated carbocycles. The minimum Gasteiger partial charge on any atom is -0.383 e. The highest BCUT2D eigenvalue weighted by Crippen LogP contribution is 2.17. The van der Waals surface area contributed by atoms with Gasteiger partial charge in [0.1, 0.15) is 11.5 Å².